The summed E-state index contributed by atoms with van der Waals surface area (Å²) in [6.07, 6.45) is -0.510. The fourth-order valence-electron chi connectivity index (χ4n) is 2.34. The Bertz CT molecular complexity index is 710. The average Bonchev–Trinajstić information content (AvgIpc) is 2.49. The summed E-state index contributed by atoms with van der Waals surface area (Å²) in [6.45, 7) is 9.66. The minimum atomic E-state index is -0.596. The van der Waals surface area contributed by atoms with Crippen LogP contribution in [0, 0.1) is 13.8 Å². The van der Waals surface area contributed by atoms with Gasteiger partial charge in [0.1, 0.15) is 11.5 Å². The number of hydrogen-bond donors (Lipinski definition) is 1. The lowest BCUT2D eigenvalue weighted by Crippen LogP contribution is -2.30. The van der Waals surface area contributed by atoms with Crippen LogP contribution in [0.5, 0.6) is 11.5 Å². The first kappa shape index (κ1) is 17.9. The lowest BCUT2D eigenvalue weighted by atomic mass is 10.1. The molecular weight excluding hydrogens is 302 g/mol. The predicted molar refractivity (Wildman–Crippen MR) is 96.8 cm³/mol. The van der Waals surface area contributed by atoms with E-state index in [2.05, 4.69) is 5.32 Å². The van der Waals surface area contributed by atoms with Crippen LogP contribution in [0.2, 0.25) is 0 Å². The topological polar surface area (TPSA) is 47.6 Å². The van der Waals surface area contributed by atoms with Crippen molar-refractivity contribution in [3.05, 3.63) is 53.6 Å². The molecule has 0 spiro atoms. The van der Waals surface area contributed by atoms with Crippen LogP contribution < -0.4 is 14.8 Å². The molecule has 1 atom stereocenters. The Labute approximate surface area is 143 Å². The van der Waals surface area contributed by atoms with Gasteiger partial charge >= 0.3 is 0 Å². The number of nitrogens with one attached hydrogen (secondary N) is 1. The number of ether oxygens (including phenoxy) is 2. The van der Waals surface area contributed by atoms with Crippen LogP contribution in [-0.4, -0.2) is 18.1 Å². The molecular formula is C20H25NO3. The Morgan fingerprint density at radius 3 is 2.42 bits per heavy atom. The fraction of sp³-hybridized carbons (Fsp3) is 0.350. The van der Waals surface area contributed by atoms with Gasteiger partial charge in [-0.25, -0.2) is 0 Å². The second kappa shape index (κ2) is 7.86. The molecule has 0 saturated heterocycles. The van der Waals surface area contributed by atoms with Crippen molar-refractivity contribution < 1.29 is 14.3 Å². The largest absolute Gasteiger partial charge is 0.491 e. The number of rotatable bonds is 6. The van der Waals surface area contributed by atoms with Gasteiger partial charge in [-0.2, -0.15) is 0 Å². The van der Waals surface area contributed by atoms with Crippen LogP contribution >= 0.6 is 0 Å². The molecule has 0 aromatic heterocycles. The second-order valence-corrected chi connectivity index (χ2v) is 6.21. The molecule has 0 aliphatic rings. The fourth-order valence-corrected chi connectivity index (χ4v) is 2.34. The van der Waals surface area contributed by atoms with Crippen molar-refractivity contribution in [2.24, 2.45) is 0 Å². The van der Waals surface area contributed by atoms with E-state index in [9.17, 15) is 4.79 Å². The van der Waals surface area contributed by atoms with E-state index in [1.54, 1.807) is 6.92 Å². The lowest BCUT2D eigenvalue weighted by Gasteiger charge is -2.17. The van der Waals surface area contributed by atoms with Gasteiger partial charge in [0.2, 0.25) is 0 Å². The van der Waals surface area contributed by atoms with Crippen LogP contribution in [0.25, 0.3) is 0 Å². The third-order valence-corrected chi connectivity index (χ3v) is 3.48. The normalized spacial score (nSPS) is 11.9. The first-order valence-corrected chi connectivity index (χ1v) is 8.16. The molecule has 0 aliphatic carbocycles. The number of aryl methyl sites for hydroxylation is 2. The van der Waals surface area contributed by atoms with Crippen molar-refractivity contribution in [1.82, 2.24) is 0 Å². The molecule has 0 radical (unpaired) electrons. The molecule has 128 valence electrons. The van der Waals surface area contributed by atoms with Gasteiger partial charge in [0.15, 0.2) is 6.10 Å². The standard InChI is InChI=1S/C20H25NO3/c1-13(2)23-18-8-6-7-17(12-18)21-20(22)16(5)24-19-10-9-14(3)11-15(19)4/h6-13,16H,1-5H3,(H,21,22)/t16-/m0/s1. The Hall–Kier alpha value is -2.49. The number of carbonyl (C=O) groups is 1. The van der Waals surface area contributed by atoms with E-state index >= 15 is 0 Å². The number of anilines is 1. The summed E-state index contributed by atoms with van der Waals surface area (Å²) in [5.41, 5.74) is 2.87. The summed E-state index contributed by atoms with van der Waals surface area (Å²) >= 11 is 0. The lowest BCUT2D eigenvalue weighted by molar-refractivity contribution is -0.122. The minimum absolute atomic E-state index is 0.0859. The summed E-state index contributed by atoms with van der Waals surface area (Å²) < 4.78 is 11.4. The van der Waals surface area contributed by atoms with Crippen LogP contribution in [0.15, 0.2) is 42.5 Å². The van der Waals surface area contributed by atoms with Crippen molar-refractivity contribution in [2.75, 3.05) is 5.32 Å². The maximum atomic E-state index is 12.4. The van der Waals surface area contributed by atoms with E-state index in [0.717, 1.165) is 17.1 Å². The molecule has 2 aromatic carbocycles. The molecule has 2 rings (SSSR count). The second-order valence-electron chi connectivity index (χ2n) is 6.21. The van der Waals surface area contributed by atoms with Crippen molar-refractivity contribution in [3.63, 3.8) is 0 Å². The SMILES string of the molecule is Cc1ccc(O[C@@H](C)C(=O)Nc2cccc(OC(C)C)c2)c(C)c1. The predicted octanol–water partition coefficient (Wildman–Crippen LogP) is 4.50. The van der Waals surface area contributed by atoms with Crippen LogP contribution in [0.3, 0.4) is 0 Å². The minimum Gasteiger partial charge on any atom is -0.491 e. The highest BCUT2D eigenvalue weighted by molar-refractivity contribution is 5.94. The molecule has 0 saturated carbocycles. The highest BCUT2D eigenvalue weighted by atomic mass is 16.5. The molecule has 24 heavy (non-hydrogen) atoms. The first-order valence-electron chi connectivity index (χ1n) is 8.16. The highest BCUT2D eigenvalue weighted by Crippen LogP contribution is 2.22. The summed E-state index contributed by atoms with van der Waals surface area (Å²) in [5, 5.41) is 2.86. The first-order chi connectivity index (χ1) is 11.3. The Morgan fingerprint density at radius 1 is 1.00 bits per heavy atom. The molecule has 0 bridgehead atoms. The molecule has 1 amide bonds. The van der Waals surface area contributed by atoms with Crippen LogP contribution in [0.1, 0.15) is 31.9 Å². The van der Waals surface area contributed by atoms with Crippen molar-refractivity contribution in [1.29, 1.82) is 0 Å². The van der Waals surface area contributed by atoms with Gasteiger partial charge in [0, 0.05) is 11.8 Å². The third kappa shape index (κ3) is 5.01. The molecule has 4 heteroatoms. The highest BCUT2D eigenvalue weighted by Gasteiger charge is 2.16. The molecule has 0 fully saturated rings. The molecule has 0 aliphatic heterocycles. The van der Waals surface area contributed by atoms with Gasteiger partial charge in [-0.1, -0.05) is 23.8 Å². The smallest absolute Gasteiger partial charge is 0.265 e. The van der Waals surface area contributed by atoms with Gasteiger partial charge in [-0.05, 0) is 58.4 Å². The van der Waals surface area contributed by atoms with Crippen molar-refractivity contribution >= 4 is 11.6 Å². The molecule has 2 aromatic rings. The molecule has 1 N–H and O–H groups in total. The van der Waals surface area contributed by atoms with Crippen LogP contribution in [0.4, 0.5) is 5.69 Å². The van der Waals surface area contributed by atoms with E-state index in [0.29, 0.717) is 5.69 Å². The Kier molecular flexibility index (Phi) is 5.85. The van der Waals surface area contributed by atoms with Gasteiger partial charge in [0.25, 0.3) is 5.91 Å². The number of carbonyl (C=O) groups excluding carboxylic acids is 1. The van der Waals surface area contributed by atoms with E-state index in [1.165, 1.54) is 5.56 Å². The van der Waals surface area contributed by atoms with Gasteiger partial charge in [0.05, 0.1) is 6.10 Å². The van der Waals surface area contributed by atoms with E-state index in [4.69, 9.17) is 9.47 Å². The summed E-state index contributed by atoms with van der Waals surface area (Å²) in [5.74, 6) is 1.25. The van der Waals surface area contributed by atoms with Gasteiger partial charge in [-0.15, -0.1) is 0 Å². The number of benzene rings is 2. The third-order valence-electron chi connectivity index (χ3n) is 3.48. The van der Waals surface area contributed by atoms with E-state index in [1.807, 2.05) is 70.2 Å². The van der Waals surface area contributed by atoms with Gasteiger partial charge in [-0.3, -0.25) is 4.79 Å². The summed E-state index contributed by atoms with van der Waals surface area (Å²) in [6, 6.07) is 13.3. The zero-order chi connectivity index (χ0) is 17.7. The molecule has 4 nitrogen and oxygen atoms in total. The van der Waals surface area contributed by atoms with Crippen molar-refractivity contribution in [2.45, 2.75) is 46.8 Å². The maximum Gasteiger partial charge on any atom is 0.265 e. The average molecular weight is 327 g/mol. The summed E-state index contributed by atoms with van der Waals surface area (Å²) in [7, 11) is 0. The quantitative estimate of drug-likeness (QED) is 0.850. The zero-order valence-corrected chi connectivity index (χ0v) is 14.9. The molecule has 0 heterocycles. The van der Waals surface area contributed by atoms with Gasteiger partial charge < -0.3 is 14.8 Å². The number of hydrogen-bond acceptors (Lipinski definition) is 3. The van der Waals surface area contributed by atoms with E-state index < -0.39 is 6.10 Å². The zero-order valence-electron chi connectivity index (χ0n) is 14.9. The summed E-state index contributed by atoms with van der Waals surface area (Å²) in [4.78, 5) is 12.4. The van der Waals surface area contributed by atoms with Crippen molar-refractivity contribution in [3.8, 4) is 11.5 Å². The number of amides is 1. The van der Waals surface area contributed by atoms with E-state index in [-0.39, 0.29) is 12.0 Å². The maximum absolute atomic E-state index is 12.4. The molecule has 0 unspecified atom stereocenters. The monoisotopic (exact) mass is 327 g/mol. The Morgan fingerprint density at radius 2 is 1.75 bits per heavy atom. The van der Waals surface area contributed by atoms with Crippen LogP contribution in [-0.2, 0) is 4.79 Å². The Balaban J connectivity index is 2.01.